The van der Waals surface area contributed by atoms with Gasteiger partial charge in [-0.2, -0.15) is 0 Å². The molecule has 4 rings (SSSR count). The number of anilines is 1. The number of carbonyl (C=O) groups excluding carboxylic acids is 3. The third kappa shape index (κ3) is 5.20. The van der Waals surface area contributed by atoms with Crippen molar-refractivity contribution in [3.63, 3.8) is 0 Å². The Morgan fingerprint density at radius 2 is 1.77 bits per heavy atom. The van der Waals surface area contributed by atoms with E-state index in [-0.39, 0.29) is 12.2 Å². The molecule has 35 heavy (non-hydrogen) atoms. The molecule has 7 nitrogen and oxygen atoms in total. The van der Waals surface area contributed by atoms with Crippen LogP contribution in [-0.2, 0) is 16.2 Å². The number of hydrogen-bond acceptors (Lipinski definition) is 5. The number of hydrogen-bond donors (Lipinski definition) is 1. The van der Waals surface area contributed by atoms with E-state index in [0.29, 0.717) is 27.8 Å². The third-order valence-electron chi connectivity index (χ3n) is 5.49. The Labute approximate surface area is 207 Å². The summed E-state index contributed by atoms with van der Waals surface area (Å²) in [6, 6.07) is 17.0. The second kappa shape index (κ2) is 10.0. The first-order valence-electron chi connectivity index (χ1n) is 10.8. The number of benzene rings is 3. The van der Waals surface area contributed by atoms with Gasteiger partial charge in [0.05, 0.1) is 12.8 Å². The van der Waals surface area contributed by atoms with E-state index in [2.05, 4.69) is 5.32 Å². The number of aryl methyl sites for hydroxylation is 2. The number of urea groups is 1. The van der Waals surface area contributed by atoms with Crippen molar-refractivity contribution in [3.8, 4) is 11.5 Å². The highest BCUT2D eigenvalue weighted by atomic mass is 35.5. The van der Waals surface area contributed by atoms with E-state index in [1.165, 1.54) is 13.2 Å². The van der Waals surface area contributed by atoms with Crippen molar-refractivity contribution in [2.45, 2.75) is 20.5 Å². The van der Waals surface area contributed by atoms with Crippen molar-refractivity contribution >= 4 is 41.2 Å². The Balaban J connectivity index is 1.62. The van der Waals surface area contributed by atoms with Crippen LogP contribution in [0, 0.1) is 13.8 Å². The van der Waals surface area contributed by atoms with Gasteiger partial charge in [0.1, 0.15) is 12.2 Å². The maximum Gasteiger partial charge on any atom is 0.335 e. The zero-order valence-electron chi connectivity index (χ0n) is 19.4. The average Bonchev–Trinajstić information content (AvgIpc) is 2.82. The van der Waals surface area contributed by atoms with Gasteiger partial charge in [0.2, 0.25) is 0 Å². The largest absolute Gasteiger partial charge is 0.493 e. The van der Waals surface area contributed by atoms with Gasteiger partial charge in [-0.15, -0.1) is 0 Å². The number of amides is 4. The molecular formula is C27H23ClN2O5. The number of barbiturate groups is 1. The molecule has 0 aromatic heterocycles. The molecule has 3 aromatic carbocycles. The summed E-state index contributed by atoms with van der Waals surface area (Å²) < 4.78 is 11.3. The van der Waals surface area contributed by atoms with Gasteiger partial charge in [0.25, 0.3) is 11.8 Å². The lowest BCUT2D eigenvalue weighted by Crippen LogP contribution is -2.54. The molecule has 1 heterocycles. The van der Waals surface area contributed by atoms with Crippen LogP contribution < -0.4 is 19.7 Å². The summed E-state index contributed by atoms with van der Waals surface area (Å²) in [5, 5.41) is 2.87. The molecule has 0 atom stereocenters. The molecule has 1 aliphatic heterocycles. The summed E-state index contributed by atoms with van der Waals surface area (Å²) in [5.41, 5.74) is 3.30. The molecule has 8 heteroatoms. The molecule has 4 amide bonds. The van der Waals surface area contributed by atoms with Crippen LogP contribution in [0.3, 0.4) is 0 Å². The van der Waals surface area contributed by atoms with Gasteiger partial charge >= 0.3 is 6.03 Å². The lowest BCUT2D eigenvalue weighted by atomic mass is 10.0. The van der Waals surface area contributed by atoms with Crippen LogP contribution in [0.2, 0.25) is 5.02 Å². The van der Waals surface area contributed by atoms with Gasteiger partial charge < -0.3 is 9.47 Å². The van der Waals surface area contributed by atoms with Crippen molar-refractivity contribution in [3.05, 3.63) is 93.5 Å². The predicted octanol–water partition coefficient (Wildman–Crippen LogP) is 5.21. The highest BCUT2D eigenvalue weighted by molar-refractivity contribution is 6.39. The molecule has 0 aliphatic carbocycles. The van der Waals surface area contributed by atoms with E-state index in [1.54, 1.807) is 37.3 Å². The number of nitrogens with zero attached hydrogens (tertiary/aromatic N) is 1. The minimum absolute atomic E-state index is 0.167. The summed E-state index contributed by atoms with van der Waals surface area (Å²) in [6.07, 6.45) is 1.42. The maximum atomic E-state index is 13.2. The van der Waals surface area contributed by atoms with Gasteiger partial charge in [-0.1, -0.05) is 41.9 Å². The second-order valence-corrected chi connectivity index (χ2v) is 8.51. The summed E-state index contributed by atoms with van der Waals surface area (Å²) in [7, 11) is 1.50. The number of methoxy groups -OCH3 is 1. The second-order valence-electron chi connectivity index (χ2n) is 8.08. The molecule has 1 aliphatic rings. The summed E-state index contributed by atoms with van der Waals surface area (Å²) in [6.45, 7) is 3.94. The van der Waals surface area contributed by atoms with Gasteiger partial charge in [0.15, 0.2) is 11.5 Å². The van der Waals surface area contributed by atoms with E-state index in [4.69, 9.17) is 21.1 Å². The van der Waals surface area contributed by atoms with Crippen LogP contribution in [0.1, 0.15) is 22.3 Å². The number of nitrogens with one attached hydrogen (secondary N) is 1. The fourth-order valence-electron chi connectivity index (χ4n) is 3.68. The van der Waals surface area contributed by atoms with E-state index >= 15 is 0 Å². The molecule has 0 bridgehead atoms. The van der Waals surface area contributed by atoms with Crippen LogP contribution >= 0.6 is 11.6 Å². The fraction of sp³-hybridized carbons (Fsp3) is 0.148. The summed E-state index contributed by atoms with van der Waals surface area (Å²) in [5.74, 6) is -0.553. The fourth-order valence-corrected chi connectivity index (χ4v) is 3.90. The SMILES string of the molecule is COc1cc(/C=C2\C(=O)NC(=O)N(c3cc(C)ccc3C)C2=O)ccc1OCc1cccc(Cl)c1. The molecule has 0 saturated carbocycles. The molecule has 1 N–H and O–H groups in total. The number of imide groups is 2. The van der Waals surface area contributed by atoms with Crippen molar-refractivity contribution in [1.29, 1.82) is 0 Å². The Kier molecular flexibility index (Phi) is 6.89. The van der Waals surface area contributed by atoms with E-state index in [9.17, 15) is 14.4 Å². The van der Waals surface area contributed by atoms with E-state index in [0.717, 1.165) is 21.6 Å². The molecule has 1 saturated heterocycles. The number of halogens is 1. The first kappa shape index (κ1) is 24.0. The van der Waals surface area contributed by atoms with Crippen LogP contribution in [-0.4, -0.2) is 25.0 Å². The van der Waals surface area contributed by atoms with Crippen molar-refractivity contribution in [2.24, 2.45) is 0 Å². The first-order valence-corrected chi connectivity index (χ1v) is 11.2. The molecule has 1 fully saturated rings. The highest BCUT2D eigenvalue weighted by Crippen LogP contribution is 2.31. The molecule has 178 valence electrons. The minimum atomic E-state index is -0.784. The van der Waals surface area contributed by atoms with Gasteiger partial charge in [-0.05, 0) is 72.5 Å². The lowest BCUT2D eigenvalue weighted by Gasteiger charge is -2.27. The minimum Gasteiger partial charge on any atom is -0.493 e. The van der Waals surface area contributed by atoms with Crippen molar-refractivity contribution in [2.75, 3.05) is 12.0 Å². The van der Waals surface area contributed by atoms with Crippen molar-refractivity contribution in [1.82, 2.24) is 5.32 Å². The van der Waals surface area contributed by atoms with Gasteiger partial charge in [-0.3, -0.25) is 14.9 Å². The Hall–Kier alpha value is -4.10. The van der Waals surface area contributed by atoms with Crippen LogP contribution in [0.4, 0.5) is 10.5 Å². The Morgan fingerprint density at radius 3 is 2.51 bits per heavy atom. The zero-order chi connectivity index (χ0) is 25.1. The van der Waals surface area contributed by atoms with Crippen molar-refractivity contribution < 1.29 is 23.9 Å². The maximum absolute atomic E-state index is 13.2. The van der Waals surface area contributed by atoms with Gasteiger partial charge in [-0.25, -0.2) is 9.69 Å². The molecule has 0 unspecified atom stereocenters. The highest BCUT2D eigenvalue weighted by Gasteiger charge is 2.37. The number of rotatable bonds is 6. The Bertz CT molecular complexity index is 1370. The molecule has 0 spiro atoms. The quantitative estimate of drug-likeness (QED) is 0.378. The van der Waals surface area contributed by atoms with E-state index < -0.39 is 17.8 Å². The standard InChI is InChI=1S/C27H23ClN2O5/c1-16-7-8-17(2)22(11-16)30-26(32)21(25(31)29-27(30)33)13-18-9-10-23(24(14-18)34-3)35-15-19-5-4-6-20(28)12-19/h4-14H,15H2,1-3H3,(H,29,31,33)/b21-13+. The zero-order valence-corrected chi connectivity index (χ0v) is 20.2. The van der Waals surface area contributed by atoms with Gasteiger partial charge in [0, 0.05) is 5.02 Å². The van der Waals surface area contributed by atoms with E-state index in [1.807, 2.05) is 37.3 Å². The molecule has 3 aromatic rings. The molecule has 0 radical (unpaired) electrons. The smallest absolute Gasteiger partial charge is 0.335 e. The lowest BCUT2D eigenvalue weighted by molar-refractivity contribution is -0.122. The van der Waals surface area contributed by atoms with Crippen LogP contribution in [0.25, 0.3) is 6.08 Å². The number of ether oxygens (including phenoxy) is 2. The third-order valence-corrected chi connectivity index (χ3v) is 5.72. The number of carbonyl (C=O) groups is 3. The Morgan fingerprint density at radius 1 is 0.971 bits per heavy atom. The first-order chi connectivity index (χ1) is 16.8. The monoisotopic (exact) mass is 490 g/mol. The normalized spacial score (nSPS) is 14.8. The van der Waals surface area contributed by atoms with Crippen LogP contribution in [0.15, 0.2) is 66.2 Å². The molecular weight excluding hydrogens is 468 g/mol. The predicted molar refractivity (Wildman–Crippen MR) is 134 cm³/mol. The van der Waals surface area contributed by atoms with Crippen LogP contribution in [0.5, 0.6) is 11.5 Å². The topological polar surface area (TPSA) is 84.9 Å². The average molecular weight is 491 g/mol. The summed E-state index contributed by atoms with van der Waals surface area (Å²) in [4.78, 5) is 39.3. The summed E-state index contributed by atoms with van der Waals surface area (Å²) >= 11 is 6.03.